The van der Waals surface area contributed by atoms with Crippen molar-refractivity contribution in [2.24, 2.45) is 0 Å². The van der Waals surface area contributed by atoms with Crippen LogP contribution in [0.5, 0.6) is 0 Å². The monoisotopic (exact) mass is 264 g/mol. The van der Waals surface area contributed by atoms with Crippen LogP contribution in [0.3, 0.4) is 0 Å². The molecule has 0 saturated heterocycles. The molecule has 0 aliphatic carbocycles. The first-order valence-corrected chi connectivity index (χ1v) is 4.80. The molecule has 4 heteroatoms. The van der Waals surface area contributed by atoms with Gasteiger partial charge in [0.25, 0.3) is 0 Å². The van der Waals surface area contributed by atoms with Gasteiger partial charge in [-0.25, -0.2) is 4.39 Å². The van der Waals surface area contributed by atoms with Crippen LogP contribution < -0.4 is 0 Å². The van der Waals surface area contributed by atoms with E-state index >= 15 is 0 Å². The SMILES string of the molecule is CC(=O)Cc1cc(Br)c(F)cc1Cl. The van der Waals surface area contributed by atoms with E-state index in [-0.39, 0.29) is 17.2 Å². The Morgan fingerprint density at radius 3 is 2.77 bits per heavy atom. The number of hydrogen-bond acceptors (Lipinski definition) is 1. The van der Waals surface area contributed by atoms with Crippen molar-refractivity contribution in [3.63, 3.8) is 0 Å². The maximum absolute atomic E-state index is 12.9. The van der Waals surface area contributed by atoms with Crippen LogP contribution in [-0.2, 0) is 11.2 Å². The lowest BCUT2D eigenvalue weighted by Gasteiger charge is -2.03. The molecule has 0 aliphatic heterocycles. The molecule has 0 aromatic heterocycles. The zero-order valence-corrected chi connectivity index (χ0v) is 9.25. The van der Waals surface area contributed by atoms with Gasteiger partial charge in [0, 0.05) is 11.4 Å². The highest BCUT2D eigenvalue weighted by Gasteiger charge is 2.07. The molecule has 0 amide bonds. The van der Waals surface area contributed by atoms with Crippen LogP contribution in [0.15, 0.2) is 16.6 Å². The van der Waals surface area contributed by atoms with Gasteiger partial charge in [0.1, 0.15) is 11.6 Å². The number of hydrogen-bond donors (Lipinski definition) is 0. The maximum atomic E-state index is 12.9. The van der Waals surface area contributed by atoms with E-state index in [2.05, 4.69) is 15.9 Å². The smallest absolute Gasteiger partial charge is 0.138 e. The molecule has 0 aliphatic rings. The Balaban J connectivity index is 3.08. The number of ketones is 1. The van der Waals surface area contributed by atoms with Gasteiger partial charge in [0.15, 0.2) is 0 Å². The lowest BCUT2D eigenvalue weighted by Crippen LogP contribution is -1.97. The molecule has 0 unspecified atom stereocenters. The normalized spacial score (nSPS) is 10.2. The van der Waals surface area contributed by atoms with Gasteiger partial charge in [-0.1, -0.05) is 11.6 Å². The summed E-state index contributed by atoms with van der Waals surface area (Å²) in [6.45, 7) is 1.47. The van der Waals surface area contributed by atoms with Gasteiger partial charge < -0.3 is 0 Å². The Labute approximate surface area is 89.0 Å². The average Bonchev–Trinajstić information content (AvgIpc) is 1.99. The number of carbonyl (C=O) groups excluding carboxylic acids is 1. The van der Waals surface area contributed by atoms with Crippen LogP contribution in [0.1, 0.15) is 12.5 Å². The van der Waals surface area contributed by atoms with Crippen LogP contribution in [0, 0.1) is 5.82 Å². The van der Waals surface area contributed by atoms with Gasteiger partial charge in [-0.2, -0.15) is 0 Å². The Morgan fingerprint density at radius 2 is 2.23 bits per heavy atom. The number of carbonyl (C=O) groups is 1. The third-order valence-corrected chi connectivity index (χ3v) is 2.49. The summed E-state index contributed by atoms with van der Waals surface area (Å²) >= 11 is 8.76. The van der Waals surface area contributed by atoms with Gasteiger partial charge in [-0.05, 0) is 40.5 Å². The van der Waals surface area contributed by atoms with Gasteiger partial charge in [-0.3, -0.25) is 4.79 Å². The molecule has 1 nitrogen and oxygen atoms in total. The van der Waals surface area contributed by atoms with Gasteiger partial charge in [-0.15, -0.1) is 0 Å². The second-order valence-electron chi connectivity index (χ2n) is 2.74. The first-order valence-electron chi connectivity index (χ1n) is 3.63. The standard InChI is InChI=1S/C9H7BrClFO/c1-5(13)2-6-3-7(10)9(12)4-8(6)11/h3-4H,2H2,1H3. The molecule has 0 spiro atoms. The maximum Gasteiger partial charge on any atom is 0.138 e. The summed E-state index contributed by atoms with van der Waals surface area (Å²) in [5.74, 6) is -0.419. The Morgan fingerprint density at radius 1 is 1.62 bits per heavy atom. The van der Waals surface area contributed by atoms with Crippen molar-refractivity contribution in [3.8, 4) is 0 Å². The van der Waals surface area contributed by atoms with Crippen LogP contribution in [-0.4, -0.2) is 5.78 Å². The van der Waals surface area contributed by atoms with Crippen molar-refractivity contribution in [2.75, 3.05) is 0 Å². The molecule has 0 bridgehead atoms. The molecular formula is C9H7BrClFO. The number of benzene rings is 1. The average molecular weight is 266 g/mol. The summed E-state index contributed by atoms with van der Waals surface area (Å²) in [6, 6.07) is 2.73. The van der Waals surface area contributed by atoms with Crippen molar-refractivity contribution in [2.45, 2.75) is 13.3 Å². The van der Waals surface area contributed by atoms with E-state index in [0.29, 0.717) is 10.0 Å². The highest BCUT2D eigenvalue weighted by Crippen LogP contribution is 2.24. The molecule has 0 atom stereocenters. The Hall–Kier alpha value is -0.410. The zero-order valence-electron chi connectivity index (χ0n) is 6.90. The molecule has 0 radical (unpaired) electrons. The fourth-order valence-electron chi connectivity index (χ4n) is 0.967. The topological polar surface area (TPSA) is 17.1 Å². The van der Waals surface area contributed by atoms with Gasteiger partial charge in [0.05, 0.1) is 4.47 Å². The first-order chi connectivity index (χ1) is 6.00. The van der Waals surface area contributed by atoms with E-state index < -0.39 is 5.82 Å². The van der Waals surface area contributed by atoms with Crippen LogP contribution in [0.25, 0.3) is 0 Å². The van der Waals surface area contributed by atoms with Crippen molar-refractivity contribution in [1.82, 2.24) is 0 Å². The van der Waals surface area contributed by atoms with Crippen LogP contribution >= 0.6 is 27.5 Å². The van der Waals surface area contributed by atoms with Gasteiger partial charge in [0.2, 0.25) is 0 Å². The Bertz CT molecular complexity index is 352. The minimum absolute atomic E-state index is 0.000378. The third kappa shape index (κ3) is 2.78. The molecule has 70 valence electrons. The van der Waals surface area contributed by atoms with E-state index in [9.17, 15) is 9.18 Å². The number of halogens is 3. The fraction of sp³-hybridized carbons (Fsp3) is 0.222. The Kier molecular flexibility index (Phi) is 3.45. The highest BCUT2D eigenvalue weighted by atomic mass is 79.9. The van der Waals surface area contributed by atoms with E-state index in [1.54, 1.807) is 0 Å². The zero-order chi connectivity index (χ0) is 10.0. The highest BCUT2D eigenvalue weighted by molar-refractivity contribution is 9.10. The summed E-state index contributed by atoms with van der Waals surface area (Å²) in [5.41, 5.74) is 0.641. The molecule has 0 fully saturated rings. The largest absolute Gasteiger partial charge is 0.300 e. The van der Waals surface area contributed by atoms with E-state index in [1.165, 1.54) is 19.1 Å². The van der Waals surface area contributed by atoms with Crippen molar-refractivity contribution in [3.05, 3.63) is 33.0 Å². The summed E-state index contributed by atoms with van der Waals surface area (Å²) in [6.07, 6.45) is 0.234. The molecule has 13 heavy (non-hydrogen) atoms. The lowest BCUT2D eigenvalue weighted by molar-refractivity contribution is -0.116. The lowest BCUT2D eigenvalue weighted by atomic mass is 10.1. The fourth-order valence-corrected chi connectivity index (χ4v) is 1.58. The molecule has 1 rings (SSSR count). The minimum atomic E-state index is -0.419. The number of Topliss-reactive ketones (excluding diaryl/α,β-unsaturated/α-hetero) is 1. The summed E-state index contributed by atoms with van der Waals surface area (Å²) in [5, 5.41) is 0.288. The van der Waals surface area contributed by atoms with Crippen LogP contribution in [0.2, 0.25) is 5.02 Å². The van der Waals surface area contributed by atoms with Gasteiger partial charge >= 0.3 is 0 Å². The quantitative estimate of drug-likeness (QED) is 0.749. The van der Waals surface area contributed by atoms with E-state index in [4.69, 9.17) is 11.6 Å². The second kappa shape index (κ2) is 4.20. The number of rotatable bonds is 2. The molecular weight excluding hydrogens is 258 g/mol. The van der Waals surface area contributed by atoms with Crippen molar-refractivity contribution >= 4 is 33.3 Å². The summed E-state index contributed by atoms with van der Waals surface area (Å²) in [4.78, 5) is 10.8. The summed E-state index contributed by atoms with van der Waals surface area (Å²) < 4.78 is 13.2. The summed E-state index contributed by atoms with van der Waals surface area (Å²) in [7, 11) is 0. The molecule has 0 heterocycles. The predicted octanol–water partition coefficient (Wildman–Crippen LogP) is 3.37. The van der Waals surface area contributed by atoms with E-state index in [0.717, 1.165) is 0 Å². The molecule has 1 aromatic rings. The molecule has 0 saturated carbocycles. The van der Waals surface area contributed by atoms with Crippen molar-refractivity contribution in [1.29, 1.82) is 0 Å². The van der Waals surface area contributed by atoms with E-state index in [1.807, 2.05) is 0 Å². The molecule has 1 aromatic carbocycles. The van der Waals surface area contributed by atoms with Crippen molar-refractivity contribution < 1.29 is 9.18 Å². The minimum Gasteiger partial charge on any atom is -0.300 e. The predicted molar refractivity (Wildman–Crippen MR) is 53.5 cm³/mol. The van der Waals surface area contributed by atoms with Crippen LogP contribution in [0.4, 0.5) is 4.39 Å². The molecule has 0 N–H and O–H groups in total. The third-order valence-electron chi connectivity index (χ3n) is 1.53. The first kappa shape index (κ1) is 10.7. The second-order valence-corrected chi connectivity index (χ2v) is 4.00.